The number of carboxylic acids is 1. The molecule has 0 bridgehead atoms. The van der Waals surface area contributed by atoms with Gasteiger partial charge in [-0.05, 0) is 17.4 Å². The zero-order chi connectivity index (χ0) is 16.0. The molecule has 5 heteroatoms. The van der Waals surface area contributed by atoms with Crippen LogP contribution in [0.25, 0.3) is 0 Å². The lowest BCUT2D eigenvalue weighted by atomic mass is 9.87. The first-order valence-electron chi connectivity index (χ1n) is 7.02. The second kappa shape index (κ2) is 7.22. The van der Waals surface area contributed by atoms with E-state index >= 15 is 0 Å². The molecular formula is C16H24N2O3. The van der Waals surface area contributed by atoms with Gasteiger partial charge in [-0.1, -0.05) is 51.1 Å². The minimum Gasteiger partial charge on any atom is -0.481 e. The molecule has 0 fully saturated rings. The predicted molar refractivity (Wildman–Crippen MR) is 81.6 cm³/mol. The maximum Gasteiger partial charge on any atom is 0.305 e. The first kappa shape index (κ1) is 17.2. The van der Waals surface area contributed by atoms with E-state index in [2.05, 4.69) is 5.32 Å². The first-order chi connectivity index (χ1) is 9.69. The molecule has 1 aromatic rings. The van der Waals surface area contributed by atoms with Crippen LogP contribution in [0.3, 0.4) is 0 Å². The second-order valence-electron chi connectivity index (χ2n) is 6.46. The summed E-state index contributed by atoms with van der Waals surface area (Å²) in [6, 6.07) is 7.81. The topological polar surface area (TPSA) is 92.4 Å². The van der Waals surface area contributed by atoms with E-state index < -0.39 is 18.1 Å². The molecule has 2 unspecified atom stereocenters. The zero-order valence-electron chi connectivity index (χ0n) is 12.8. The van der Waals surface area contributed by atoms with E-state index in [-0.39, 0.29) is 17.7 Å². The number of carboxylic acid groups (broad SMARTS) is 1. The van der Waals surface area contributed by atoms with Crippen molar-refractivity contribution in [2.75, 3.05) is 0 Å². The van der Waals surface area contributed by atoms with Crippen LogP contribution < -0.4 is 11.1 Å². The van der Waals surface area contributed by atoms with Crippen molar-refractivity contribution in [2.24, 2.45) is 11.1 Å². The van der Waals surface area contributed by atoms with Crippen molar-refractivity contribution in [1.82, 2.24) is 5.32 Å². The molecule has 0 saturated carbocycles. The van der Waals surface area contributed by atoms with Gasteiger partial charge in [0.25, 0.3) is 0 Å². The summed E-state index contributed by atoms with van der Waals surface area (Å²) in [6.07, 6.45) is 0.469. The summed E-state index contributed by atoms with van der Waals surface area (Å²) in [5.74, 6) is -1.28. The molecule has 116 valence electrons. The summed E-state index contributed by atoms with van der Waals surface area (Å²) in [5, 5.41) is 11.7. The molecule has 5 nitrogen and oxygen atoms in total. The van der Waals surface area contributed by atoms with Crippen LogP contribution in [0.15, 0.2) is 30.3 Å². The smallest absolute Gasteiger partial charge is 0.305 e. The van der Waals surface area contributed by atoms with Crippen LogP contribution in [0.4, 0.5) is 0 Å². The molecule has 1 rings (SSSR count). The third kappa shape index (κ3) is 6.40. The number of carbonyl (C=O) groups excluding carboxylic acids is 1. The van der Waals surface area contributed by atoms with Crippen LogP contribution in [0.2, 0.25) is 0 Å². The summed E-state index contributed by atoms with van der Waals surface area (Å²) < 4.78 is 0. The fourth-order valence-corrected chi connectivity index (χ4v) is 2.23. The molecule has 0 aliphatic heterocycles. The van der Waals surface area contributed by atoms with Gasteiger partial charge in [0.2, 0.25) is 5.91 Å². The highest BCUT2D eigenvalue weighted by Gasteiger charge is 2.25. The molecule has 1 amide bonds. The van der Waals surface area contributed by atoms with Crippen molar-refractivity contribution < 1.29 is 14.7 Å². The van der Waals surface area contributed by atoms with Gasteiger partial charge >= 0.3 is 5.97 Å². The summed E-state index contributed by atoms with van der Waals surface area (Å²) in [6.45, 7) is 6.02. The van der Waals surface area contributed by atoms with E-state index in [1.165, 1.54) is 0 Å². The van der Waals surface area contributed by atoms with Gasteiger partial charge in [-0.2, -0.15) is 0 Å². The normalized spacial score (nSPS) is 14.3. The van der Waals surface area contributed by atoms with Gasteiger partial charge < -0.3 is 16.2 Å². The van der Waals surface area contributed by atoms with Gasteiger partial charge in [-0.3, -0.25) is 9.59 Å². The quantitative estimate of drug-likeness (QED) is 0.748. The van der Waals surface area contributed by atoms with Gasteiger partial charge in [0.1, 0.15) is 6.04 Å². The van der Waals surface area contributed by atoms with Crippen molar-refractivity contribution in [3.8, 4) is 0 Å². The average molecular weight is 292 g/mol. The van der Waals surface area contributed by atoms with Crippen LogP contribution in [-0.2, 0) is 9.59 Å². The highest BCUT2D eigenvalue weighted by atomic mass is 16.4. The average Bonchev–Trinajstić information content (AvgIpc) is 2.36. The minimum atomic E-state index is -0.933. The Kier molecular flexibility index (Phi) is 5.90. The fraction of sp³-hybridized carbons (Fsp3) is 0.500. The molecule has 0 aliphatic carbocycles. The summed E-state index contributed by atoms with van der Waals surface area (Å²) in [7, 11) is 0. The van der Waals surface area contributed by atoms with Crippen molar-refractivity contribution in [3.63, 3.8) is 0 Å². The van der Waals surface area contributed by atoms with E-state index in [4.69, 9.17) is 10.8 Å². The number of nitrogens with one attached hydrogen (secondary N) is 1. The van der Waals surface area contributed by atoms with Gasteiger partial charge in [0.15, 0.2) is 0 Å². The third-order valence-corrected chi connectivity index (χ3v) is 3.07. The Morgan fingerprint density at radius 2 is 1.81 bits per heavy atom. The number of hydrogen-bond donors (Lipinski definition) is 3. The second-order valence-corrected chi connectivity index (χ2v) is 6.46. The Balaban J connectivity index is 2.73. The Morgan fingerprint density at radius 1 is 1.24 bits per heavy atom. The fourth-order valence-electron chi connectivity index (χ4n) is 2.23. The lowest BCUT2D eigenvalue weighted by Crippen LogP contribution is -2.43. The molecule has 1 aromatic carbocycles. The highest BCUT2D eigenvalue weighted by Crippen LogP contribution is 2.22. The Labute approximate surface area is 125 Å². The summed E-state index contributed by atoms with van der Waals surface area (Å²) in [5.41, 5.74) is 6.55. The molecule has 0 spiro atoms. The molecule has 4 N–H and O–H groups in total. The van der Waals surface area contributed by atoms with Crippen molar-refractivity contribution in [2.45, 2.75) is 45.7 Å². The molecule has 0 aromatic heterocycles. The summed E-state index contributed by atoms with van der Waals surface area (Å²) in [4.78, 5) is 23.1. The number of nitrogens with two attached hydrogens (primary N) is 1. The first-order valence-corrected chi connectivity index (χ1v) is 7.02. The molecule has 0 radical (unpaired) electrons. The maximum absolute atomic E-state index is 12.2. The zero-order valence-corrected chi connectivity index (χ0v) is 12.8. The molecule has 0 aliphatic rings. The molecule has 21 heavy (non-hydrogen) atoms. The predicted octanol–water partition coefficient (Wildman–Crippen LogP) is 2.08. The number of benzene rings is 1. The van der Waals surface area contributed by atoms with Crippen molar-refractivity contribution in [1.29, 1.82) is 0 Å². The number of carbonyl (C=O) groups is 2. The maximum atomic E-state index is 12.2. The van der Waals surface area contributed by atoms with Gasteiger partial charge in [0.05, 0.1) is 6.42 Å². The van der Waals surface area contributed by atoms with Crippen LogP contribution in [0.5, 0.6) is 0 Å². The standard InChI is InChI=1S/C16H24N2O3/c1-16(2,3)10-12(9-13(19)20)18-15(21)14(17)11-7-5-4-6-8-11/h4-8,12,14H,9-10,17H2,1-3H3,(H,18,21)(H,19,20). The van der Waals surface area contributed by atoms with Crippen LogP contribution in [0.1, 0.15) is 45.2 Å². The largest absolute Gasteiger partial charge is 0.481 e. The number of hydrogen-bond acceptors (Lipinski definition) is 3. The van der Waals surface area contributed by atoms with E-state index in [0.29, 0.717) is 12.0 Å². The van der Waals surface area contributed by atoms with Crippen molar-refractivity contribution in [3.05, 3.63) is 35.9 Å². The van der Waals surface area contributed by atoms with Crippen molar-refractivity contribution >= 4 is 11.9 Å². The lowest BCUT2D eigenvalue weighted by Gasteiger charge is -2.27. The van der Waals surface area contributed by atoms with E-state index in [1.807, 2.05) is 39.0 Å². The van der Waals surface area contributed by atoms with Crippen LogP contribution in [0, 0.1) is 5.41 Å². The molecule has 0 saturated heterocycles. The van der Waals surface area contributed by atoms with Gasteiger partial charge in [0, 0.05) is 6.04 Å². The Bertz CT molecular complexity index is 480. The van der Waals surface area contributed by atoms with Gasteiger partial charge in [-0.15, -0.1) is 0 Å². The van der Waals surface area contributed by atoms with Crippen LogP contribution >= 0.6 is 0 Å². The summed E-state index contributed by atoms with van der Waals surface area (Å²) >= 11 is 0. The SMILES string of the molecule is CC(C)(C)CC(CC(=O)O)NC(=O)C(N)c1ccccc1. The van der Waals surface area contributed by atoms with E-state index in [0.717, 1.165) is 0 Å². The van der Waals surface area contributed by atoms with E-state index in [9.17, 15) is 9.59 Å². The Hall–Kier alpha value is -1.88. The number of rotatable bonds is 6. The van der Waals surface area contributed by atoms with E-state index in [1.54, 1.807) is 12.1 Å². The monoisotopic (exact) mass is 292 g/mol. The molecule has 2 atom stereocenters. The third-order valence-electron chi connectivity index (χ3n) is 3.07. The highest BCUT2D eigenvalue weighted by molar-refractivity contribution is 5.83. The van der Waals surface area contributed by atoms with Gasteiger partial charge in [-0.25, -0.2) is 0 Å². The number of aliphatic carboxylic acids is 1. The Morgan fingerprint density at radius 3 is 2.29 bits per heavy atom. The molecular weight excluding hydrogens is 268 g/mol. The number of amides is 1. The lowest BCUT2D eigenvalue weighted by molar-refractivity contribution is -0.138. The minimum absolute atomic E-state index is 0.0791. The molecule has 0 heterocycles. The van der Waals surface area contributed by atoms with Crippen LogP contribution in [-0.4, -0.2) is 23.0 Å².